The number of carboxylic acid groups (broad SMARTS) is 1. The van der Waals surface area contributed by atoms with Crippen LogP contribution in [0.3, 0.4) is 0 Å². The van der Waals surface area contributed by atoms with Crippen LogP contribution in [-0.2, 0) is 27.4 Å². The Hall–Kier alpha value is -4.61. The lowest BCUT2D eigenvalue weighted by atomic mass is 9.98. The summed E-state index contributed by atoms with van der Waals surface area (Å²) in [5.41, 5.74) is 6.88. The van der Waals surface area contributed by atoms with Crippen molar-refractivity contribution in [3.63, 3.8) is 0 Å². The lowest BCUT2D eigenvalue weighted by molar-refractivity contribution is -0.139. The number of hydrogen-bond acceptors (Lipinski definition) is 7. The van der Waals surface area contributed by atoms with Gasteiger partial charge in [-0.25, -0.2) is 9.59 Å². The van der Waals surface area contributed by atoms with Crippen LogP contribution >= 0.6 is 0 Å². The first-order chi connectivity index (χ1) is 16.7. The molecule has 0 radical (unpaired) electrons. The van der Waals surface area contributed by atoms with Crippen molar-refractivity contribution < 1.29 is 33.8 Å². The van der Waals surface area contributed by atoms with E-state index < -0.39 is 35.9 Å². The number of carbonyl (C=O) groups excluding carboxylic acids is 3. The van der Waals surface area contributed by atoms with Gasteiger partial charge in [-0.3, -0.25) is 20.3 Å². The summed E-state index contributed by atoms with van der Waals surface area (Å²) in [6, 6.07) is 12.2. The number of ether oxygens (including phenoxy) is 2. The van der Waals surface area contributed by atoms with Gasteiger partial charge in [-0.1, -0.05) is 30.3 Å². The maximum absolute atomic E-state index is 12.9. The summed E-state index contributed by atoms with van der Waals surface area (Å²) in [6.45, 7) is -0.386. The highest BCUT2D eigenvalue weighted by molar-refractivity contribution is 5.97. The molecule has 12 nitrogen and oxygen atoms in total. The predicted molar refractivity (Wildman–Crippen MR) is 123 cm³/mol. The molecule has 1 unspecified atom stereocenters. The molecular formula is C23H25N5O7. The summed E-state index contributed by atoms with van der Waals surface area (Å²) in [5.74, 6) is -2.42. The zero-order chi connectivity index (χ0) is 25.4. The van der Waals surface area contributed by atoms with Crippen molar-refractivity contribution in [2.45, 2.75) is 19.1 Å². The number of nitrogens with one attached hydrogen (secondary N) is 3. The van der Waals surface area contributed by atoms with Gasteiger partial charge in [0, 0.05) is 12.1 Å². The van der Waals surface area contributed by atoms with E-state index in [-0.39, 0.29) is 26.3 Å². The molecular weight excluding hydrogens is 458 g/mol. The van der Waals surface area contributed by atoms with Crippen LogP contribution in [0.2, 0.25) is 0 Å². The predicted octanol–water partition coefficient (Wildman–Crippen LogP) is 0.453. The average molecular weight is 483 g/mol. The van der Waals surface area contributed by atoms with Gasteiger partial charge in [-0.2, -0.15) is 0 Å². The van der Waals surface area contributed by atoms with E-state index in [2.05, 4.69) is 10.6 Å². The number of guanidine groups is 1. The smallest absolute Gasteiger partial charge is 0.408 e. The minimum absolute atomic E-state index is 0.0180. The fourth-order valence-electron chi connectivity index (χ4n) is 3.42. The number of nitrogens with zero attached hydrogens (tertiary/aromatic N) is 1. The van der Waals surface area contributed by atoms with E-state index in [1.807, 2.05) is 6.07 Å². The minimum Gasteiger partial charge on any atom is -0.484 e. The molecule has 2 aromatic rings. The van der Waals surface area contributed by atoms with Gasteiger partial charge in [0.15, 0.2) is 12.6 Å². The van der Waals surface area contributed by atoms with Gasteiger partial charge in [0.1, 0.15) is 18.4 Å². The summed E-state index contributed by atoms with van der Waals surface area (Å²) in [4.78, 5) is 49.6. The second-order valence-electron chi connectivity index (χ2n) is 7.67. The Bertz CT molecular complexity index is 1120. The molecule has 12 heteroatoms. The molecule has 1 aliphatic heterocycles. The van der Waals surface area contributed by atoms with E-state index >= 15 is 0 Å². The van der Waals surface area contributed by atoms with Crippen LogP contribution in [0.4, 0.5) is 4.79 Å². The first-order valence-electron chi connectivity index (χ1n) is 10.6. The quantitative estimate of drug-likeness (QED) is 0.251. The van der Waals surface area contributed by atoms with Crippen LogP contribution in [0.15, 0.2) is 48.5 Å². The molecule has 3 amide bonds. The maximum atomic E-state index is 12.9. The first-order valence-corrected chi connectivity index (χ1v) is 10.6. The van der Waals surface area contributed by atoms with Crippen molar-refractivity contribution in [1.29, 1.82) is 5.41 Å². The van der Waals surface area contributed by atoms with Crippen LogP contribution < -0.4 is 21.1 Å². The van der Waals surface area contributed by atoms with Crippen LogP contribution in [0, 0.1) is 5.41 Å². The molecule has 0 aliphatic carbocycles. The molecule has 3 rings (SSSR count). The molecule has 0 bridgehead atoms. The average Bonchev–Trinajstić information content (AvgIpc) is 2.82. The Kier molecular flexibility index (Phi) is 8.22. The topological polar surface area (TPSA) is 184 Å². The summed E-state index contributed by atoms with van der Waals surface area (Å²) >= 11 is 0. The first kappa shape index (κ1) is 25.0. The van der Waals surface area contributed by atoms with E-state index in [0.717, 1.165) is 5.56 Å². The van der Waals surface area contributed by atoms with Gasteiger partial charge < -0.3 is 30.5 Å². The number of alkyl carbamates (subject to hydrolysis) is 1. The Morgan fingerprint density at radius 2 is 1.91 bits per heavy atom. The van der Waals surface area contributed by atoms with Crippen LogP contribution in [0.1, 0.15) is 21.5 Å². The maximum Gasteiger partial charge on any atom is 0.408 e. The zero-order valence-electron chi connectivity index (χ0n) is 18.7. The molecule has 0 aromatic heterocycles. The molecule has 1 atom stereocenters. The van der Waals surface area contributed by atoms with Gasteiger partial charge >= 0.3 is 12.1 Å². The molecule has 0 saturated heterocycles. The summed E-state index contributed by atoms with van der Waals surface area (Å²) in [6.07, 6.45) is -0.482. The van der Waals surface area contributed by atoms with E-state index in [1.54, 1.807) is 30.3 Å². The molecule has 1 heterocycles. The van der Waals surface area contributed by atoms with Gasteiger partial charge in [-0.15, -0.1) is 0 Å². The monoisotopic (exact) mass is 483 g/mol. The van der Waals surface area contributed by atoms with Crippen molar-refractivity contribution in [1.82, 2.24) is 15.5 Å². The molecule has 184 valence electrons. The highest BCUT2D eigenvalue weighted by Crippen LogP contribution is 2.24. The van der Waals surface area contributed by atoms with Crippen molar-refractivity contribution in [2.75, 3.05) is 19.7 Å². The lowest BCUT2D eigenvalue weighted by Crippen LogP contribution is -2.51. The van der Waals surface area contributed by atoms with Crippen LogP contribution in [0.25, 0.3) is 0 Å². The fourth-order valence-corrected chi connectivity index (χ4v) is 3.42. The highest BCUT2D eigenvalue weighted by atomic mass is 16.5. The molecule has 0 saturated carbocycles. The lowest BCUT2D eigenvalue weighted by Gasteiger charge is -2.31. The van der Waals surface area contributed by atoms with Crippen molar-refractivity contribution in [3.8, 4) is 5.75 Å². The van der Waals surface area contributed by atoms with Gasteiger partial charge in [0.25, 0.3) is 11.8 Å². The van der Waals surface area contributed by atoms with E-state index in [9.17, 15) is 24.3 Å². The minimum atomic E-state index is -1.36. The molecule has 0 spiro atoms. The standard InChI is InChI=1S/C23H25N5O7/c24-22(25)27-19(29)13-34-16-6-7-17-15(10-16)8-9-28(20(17)30)11-18(21(31)32)26-23(33)35-12-14-4-2-1-3-5-14/h1-7,10,18H,8-9,11-13H2,(H,26,33)(H,31,32)(H4,24,25,27,29). The van der Waals surface area contributed by atoms with Crippen molar-refractivity contribution in [2.24, 2.45) is 5.73 Å². The number of carboxylic acids is 1. The SMILES string of the molecule is N=C(N)NC(=O)COc1ccc2c(c1)CCN(CC(NC(=O)OCc1ccccc1)C(=O)O)C2=O. The second kappa shape index (κ2) is 11.5. The van der Waals surface area contributed by atoms with Crippen LogP contribution in [0.5, 0.6) is 5.75 Å². The number of hydrogen-bond donors (Lipinski definition) is 5. The Balaban J connectivity index is 1.57. The molecule has 6 N–H and O–H groups in total. The zero-order valence-corrected chi connectivity index (χ0v) is 18.7. The van der Waals surface area contributed by atoms with Crippen molar-refractivity contribution in [3.05, 3.63) is 65.2 Å². The van der Waals surface area contributed by atoms with Gasteiger partial charge in [0.2, 0.25) is 0 Å². The summed E-state index contributed by atoms with van der Waals surface area (Å²) in [7, 11) is 0. The van der Waals surface area contributed by atoms with E-state index in [0.29, 0.717) is 23.3 Å². The number of amides is 3. The molecule has 2 aromatic carbocycles. The molecule has 1 aliphatic rings. The summed E-state index contributed by atoms with van der Waals surface area (Å²) < 4.78 is 10.4. The number of nitrogens with two attached hydrogens (primary N) is 1. The van der Waals surface area contributed by atoms with E-state index in [4.69, 9.17) is 20.6 Å². The number of aliphatic carboxylic acids is 1. The summed E-state index contributed by atoms with van der Waals surface area (Å²) in [5, 5.41) is 20.9. The molecule has 0 fully saturated rings. The third-order valence-corrected chi connectivity index (χ3v) is 5.10. The molecule has 35 heavy (non-hydrogen) atoms. The van der Waals surface area contributed by atoms with E-state index in [1.165, 1.54) is 17.0 Å². The number of rotatable bonds is 9. The number of carbonyl (C=O) groups is 4. The highest BCUT2D eigenvalue weighted by Gasteiger charge is 2.30. The second-order valence-corrected chi connectivity index (χ2v) is 7.67. The normalized spacial score (nSPS) is 13.3. The van der Waals surface area contributed by atoms with Crippen LogP contribution in [-0.4, -0.2) is 65.6 Å². The van der Waals surface area contributed by atoms with Gasteiger partial charge in [-0.05, 0) is 35.7 Å². The largest absolute Gasteiger partial charge is 0.484 e. The van der Waals surface area contributed by atoms with Gasteiger partial charge in [0.05, 0.1) is 6.54 Å². The Labute approximate surface area is 200 Å². The Morgan fingerprint density at radius 1 is 1.17 bits per heavy atom. The van der Waals surface area contributed by atoms with Crippen molar-refractivity contribution >= 4 is 29.8 Å². The Morgan fingerprint density at radius 3 is 2.60 bits per heavy atom. The fraction of sp³-hybridized carbons (Fsp3) is 0.261. The third-order valence-electron chi connectivity index (χ3n) is 5.10. The third kappa shape index (κ3) is 7.19. The number of benzene rings is 2. The number of fused-ring (bicyclic) bond motifs is 1.